The fraction of sp³-hybridized carbons (Fsp3) is 0.500. The summed E-state index contributed by atoms with van der Waals surface area (Å²) in [6.45, 7) is 2.84. The van der Waals surface area contributed by atoms with E-state index in [1.807, 2.05) is 18.2 Å². The smallest absolute Gasteiger partial charge is 0.222 e. The molecule has 0 aromatic heterocycles. The Morgan fingerprint density at radius 1 is 1.53 bits per heavy atom. The number of rotatable bonds is 3. The average Bonchev–Trinajstić information content (AvgIpc) is 2.39. The summed E-state index contributed by atoms with van der Waals surface area (Å²) in [6.07, 6.45) is 1.82. The van der Waals surface area contributed by atoms with Crippen molar-refractivity contribution in [3.05, 3.63) is 28.2 Å². The molecule has 0 saturated carbocycles. The van der Waals surface area contributed by atoms with Crippen molar-refractivity contribution in [2.75, 3.05) is 11.4 Å². The first-order valence-corrected chi connectivity index (χ1v) is 7.27. The van der Waals surface area contributed by atoms with Crippen LogP contribution in [0.25, 0.3) is 0 Å². The van der Waals surface area contributed by atoms with Gasteiger partial charge in [-0.1, -0.05) is 6.07 Å². The fourth-order valence-electron chi connectivity index (χ4n) is 2.56. The second kappa shape index (κ2) is 5.92. The van der Waals surface area contributed by atoms with Gasteiger partial charge in [0, 0.05) is 17.1 Å². The summed E-state index contributed by atoms with van der Waals surface area (Å²) in [7, 11) is 0. The van der Waals surface area contributed by atoms with Crippen LogP contribution < -0.4 is 10.6 Å². The van der Waals surface area contributed by atoms with Crippen LogP contribution in [0.5, 0.6) is 0 Å². The molecule has 0 spiro atoms. The van der Waals surface area contributed by atoms with E-state index >= 15 is 0 Å². The van der Waals surface area contributed by atoms with E-state index in [-0.39, 0.29) is 18.4 Å². The lowest BCUT2D eigenvalue weighted by molar-refractivity contribution is -0.122. The number of amides is 1. The molecular formula is C14H19BrN2O2. The molecule has 1 heterocycles. The van der Waals surface area contributed by atoms with Gasteiger partial charge in [-0.15, -0.1) is 0 Å². The number of nitrogens with two attached hydrogens (primary N) is 1. The highest BCUT2D eigenvalue weighted by molar-refractivity contribution is 9.10. The Hall–Kier alpha value is -1.07. The summed E-state index contributed by atoms with van der Waals surface area (Å²) >= 11 is 3.54. The number of aliphatic hydroxyl groups excluding tert-OH is 1. The summed E-state index contributed by atoms with van der Waals surface area (Å²) in [5, 5.41) is 9.13. The van der Waals surface area contributed by atoms with Crippen molar-refractivity contribution in [3.8, 4) is 0 Å². The number of hydrogen-bond donors (Lipinski definition) is 2. The van der Waals surface area contributed by atoms with Crippen molar-refractivity contribution >= 4 is 27.5 Å². The monoisotopic (exact) mass is 326 g/mol. The second-order valence-corrected chi connectivity index (χ2v) is 5.98. The normalized spacial score (nSPS) is 23.4. The van der Waals surface area contributed by atoms with Gasteiger partial charge in [-0.25, -0.2) is 0 Å². The Labute approximate surface area is 121 Å². The standard InChI is InChI=1S/C14H19BrN2O2/c1-9-2-4-11(14(16)19)7-17(9)13-5-3-10(8-18)6-12(13)15/h3,5-6,9,11,18H,2,4,7-8H2,1H3,(H2,16,19). The topological polar surface area (TPSA) is 66.6 Å². The number of piperidine rings is 1. The molecule has 2 unspecified atom stereocenters. The molecule has 5 heteroatoms. The van der Waals surface area contributed by atoms with E-state index in [4.69, 9.17) is 10.8 Å². The van der Waals surface area contributed by atoms with Gasteiger partial charge in [-0.3, -0.25) is 4.79 Å². The quantitative estimate of drug-likeness (QED) is 0.893. The van der Waals surface area contributed by atoms with Crippen molar-refractivity contribution in [1.29, 1.82) is 0 Å². The predicted octanol–water partition coefficient (Wildman–Crippen LogP) is 2.03. The van der Waals surface area contributed by atoms with Crippen LogP contribution in [-0.2, 0) is 11.4 Å². The molecule has 2 atom stereocenters. The highest BCUT2D eigenvalue weighted by atomic mass is 79.9. The number of carbonyl (C=O) groups is 1. The molecule has 0 bridgehead atoms. The fourth-order valence-corrected chi connectivity index (χ4v) is 3.21. The van der Waals surface area contributed by atoms with E-state index in [2.05, 4.69) is 27.8 Å². The van der Waals surface area contributed by atoms with Gasteiger partial charge in [0.2, 0.25) is 5.91 Å². The Morgan fingerprint density at radius 3 is 2.84 bits per heavy atom. The van der Waals surface area contributed by atoms with Crippen LogP contribution >= 0.6 is 15.9 Å². The lowest BCUT2D eigenvalue weighted by Crippen LogP contribution is -2.46. The Bertz CT molecular complexity index is 479. The van der Waals surface area contributed by atoms with Crippen LogP contribution in [0.4, 0.5) is 5.69 Å². The van der Waals surface area contributed by atoms with Gasteiger partial charge in [0.1, 0.15) is 0 Å². The molecule has 3 N–H and O–H groups in total. The summed E-state index contributed by atoms with van der Waals surface area (Å²) in [5.41, 5.74) is 7.35. The molecule has 1 aliphatic rings. The lowest BCUT2D eigenvalue weighted by atomic mass is 9.92. The molecule has 0 radical (unpaired) electrons. The van der Waals surface area contributed by atoms with Crippen LogP contribution in [0.15, 0.2) is 22.7 Å². The Balaban J connectivity index is 2.25. The van der Waals surface area contributed by atoms with Gasteiger partial charge in [0.25, 0.3) is 0 Å². The molecule has 1 fully saturated rings. The zero-order valence-corrected chi connectivity index (χ0v) is 12.6. The van der Waals surface area contributed by atoms with Gasteiger partial charge in [-0.05, 0) is 53.4 Å². The zero-order chi connectivity index (χ0) is 14.0. The molecule has 1 saturated heterocycles. The van der Waals surface area contributed by atoms with E-state index in [1.165, 1.54) is 0 Å². The minimum atomic E-state index is -0.222. The van der Waals surface area contributed by atoms with Gasteiger partial charge in [-0.2, -0.15) is 0 Å². The van der Waals surface area contributed by atoms with E-state index < -0.39 is 0 Å². The predicted molar refractivity (Wildman–Crippen MR) is 78.8 cm³/mol. The maximum atomic E-state index is 11.4. The number of carbonyl (C=O) groups excluding carboxylic acids is 1. The highest BCUT2D eigenvalue weighted by Gasteiger charge is 2.29. The molecule has 104 valence electrons. The molecule has 2 rings (SSSR count). The minimum absolute atomic E-state index is 0.0261. The molecular weight excluding hydrogens is 308 g/mol. The van der Waals surface area contributed by atoms with Crippen LogP contribution in [0.1, 0.15) is 25.3 Å². The maximum absolute atomic E-state index is 11.4. The van der Waals surface area contributed by atoms with Crippen LogP contribution in [0.2, 0.25) is 0 Å². The van der Waals surface area contributed by atoms with E-state index in [9.17, 15) is 4.79 Å². The third-order valence-corrected chi connectivity index (χ3v) is 4.42. The molecule has 0 aliphatic carbocycles. The van der Waals surface area contributed by atoms with Gasteiger partial charge in [0.15, 0.2) is 0 Å². The summed E-state index contributed by atoms with van der Waals surface area (Å²) < 4.78 is 0.941. The second-order valence-electron chi connectivity index (χ2n) is 5.12. The first kappa shape index (κ1) is 14.3. The number of hydrogen-bond acceptors (Lipinski definition) is 3. The number of halogens is 1. The van der Waals surface area contributed by atoms with Crippen molar-refractivity contribution in [1.82, 2.24) is 0 Å². The number of anilines is 1. The minimum Gasteiger partial charge on any atom is -0.392 e. The third-order valence-electron chi connectivity index (χ3n) is 3.79. The molecule has 1 amide bonds. The maximum Gasteiger partial charge on any atom is 0.222 e. The molecule has 19 heavy (non-hydrogen) atoms. The summed E-state index contributed by atoms with van der Waals surface area (Å²) in [4.78, 5) is 13.6. The SMILES string of the molecule is CC1CCC(C(N)=O)CN1c1ccc(CO)cc1Br. The van der Waals surface area contributed by atoms with Crippen LogP contribution in [0, 0.1) is 5.92 Å². The average molecular weight is 327 g/mol. The van der Waals surface area contributed by atoms with E-state index in [0.717, 1.165) is 28.6 Å². The number of aliphatic hydroxyl groups is 1. The first-order chi connectivity index (χ1) is 9.02. The van der Waals surface area contributed by atoms with Crippen LogP contribution in [0.3, 0.4) is 0 Å². The summed E-state index contributed by atoms with van der Waals surface area (Å²) in [5.74, 6) is -0.305. The first-order valence-electron chi connectivity index (χ1n) is 6.48. The molecule has 1 aromatic rings. The summed E-state index contributed by atoms with van der Waals surface area (Å²) in [6, 6.07) is 6.18. The van der Waals surface area contributed by atoms with Crippen molar-refractivity contribution in [2.45, 2.75) is 32.4 Å². The van der Waals surface area contributed by atoms with E-state index in [0.29, 0.717) is 12.6 Å². The largest absolute Gasteiger partial charge is 0.392 e. The molecule has 1 aliphatic heterocycles. The zero-order valence-electron chi connectivity index (χ0n) is 11.0. The highest BCUT2D eigenvalue weighted by Crippen LogP contribution is 2.33. The lowest BCUT2D eigenvalue weighted by Gasteiger charge is -2.39. The Morgan fingerprint density at radius 2 is 2.26 bits per heavy atom. The Kier molecular flexibility index (Phi) is 4.47. The van der Waals surface area contributed by atoms with Crippen LogP contribution in [-0.4, -0.2) is 23.6 Å². The van der Waals surface area contributed by atoms with E-state index in [1.54, 1.807) is 0 Å². The van der Waals surface area contributed by atoms with Crippen molar-refractivity contribution < 1.29 is 9.90 Å². The van der Waals surface area contributed by atoms with Gasteiger partial charge in [0.05, 0.1) is 18.2 Å². The number of nitrogens with zero attached hydrogens (tertiary/aromatic N) is 1. The van der Waals surface area contributed by atoms with Gasteiger partial charge >= 0.3 is 0 Å². The third kappa shape index (κ3) is 3.09. The molecule has 4 nitrogen and oxygen atoms in total. The van der Waals surface area contributed by atoms with Gasteiger partial charge < -0.3 is 15.7 Å². The van der Waals surface area contributed by atoms with Crippen molar-refractivity contribution in [2.24, 2.45) is 11.7 Å². The number of benzene rings is 1. The number of primary amides is 1. The van der Waals surface area contributed by atoms with Crippen molar-refractivity contribution in [3.63, 3.8) is 0 Å². The molecule has 1 aromatic carbocycles.